The van der Waals surface area contributed by atoms with Crippen LogP contribution in [0.1, 0.15) is 79.7 Å². The second-order valence-corrected chi connectivity index (χ2v) is 11.1. The van der Waals surface area contributed by atoms with Gasteiger partial charge in [0.25, 0.3) is 0 Å². The number of aromatic carboxylic acids is 1. The summed E-state index contributed by atoms with van der Waals surface area (Å²) in [4.78, 5) is 24.7. The minimum Gasteiger partial charge on any atom is -0.478 e. The molecule has 0 aliphatic heterocycles. The average Bonchev–Trinajstić information content (AvgIpc) is 2.90. The number of nitrogens with zero attached hydrogens (tertiary/aromatic N) is 1. The summed E-state index contributed by atoms with van der Waals surface area (Å²) in [5.41, 5.74) is 0.109. The second kappa shape index (κ2) is 11.9. The van der Waals surface area contributed by atoms with Crippen molar-refractivity contribution in [2.45, 2.75) is 63.6 Å². The van der Waals surface area contributed by atoms with Gasteiger partial charge >= 0.3 is 5.97 Å². The molecule has 0 spiro atoms. The van der Waals surface area contributed by atoms with Crippen molar-refractivity contribution in [3.05, 3.63) is 82.4 Å². The molecule has 2 atom stereocenters. The summed E-state index contributed by atoms with van der Waals surface area (Å²) >= 11 is 5.97. The van der Waals surface area contributed by atoms with Crippen molar-refractivity contribution >= 4 is 29.2 Å². The Labute approximate surface area is 236 Å². The molecule has 3 aromatic rings. The highest BCUT2D eigenvalue weighted by molar-refractivity contribution is 6.31. The van der Waals surface area contributed by atoms with E-state index in [-0.39, 0.29) is 38.9 Å². The largest absolute Gasteiger partial charge is 0.478 e. The third-order valence-electron chi connectivity index (χ3n) is 7.63. The van der Waals surface area contributed by atoms with Gasteiger partial charge in [-0.05, 0) is 93.8 Å². The molecule has 2 aromatic carbocycles. The standard InChI is InChI=1S/C30H31ClF2N2O5/c1-17(32)22-8-9-24(31)27(33)26(22)20-5-10-25(35(40)16-20)23(15-18-11-13-30(2,39)14-12-18)28(36)34-21-6-3-19(4-7-21)29(37)38/h3-10,16-18,23,39H,11-15H2,1-2H3,(H2-,34,36,37,38,40)/p+1/t17?,18-,23?,30+. The molecule has 7 nitrogen and oxygen atoms in total. The third kappa shape index (κ3) is 6.59. The van der Waals surface area contributed by atoms with Crippen LogP contribution in [0.25, 0.3) is 11.1 Å². The summed E-state index contributed by atoms with van der Waals surface area (Å²) in [5, 5.41) is 33.1. The zero-order valence-corrected chi connectivity index (χ0v) is 23.0. The number of nitrogens with one attached hydrogen (secondary N) is 1. The van der Waals surface area contributed by atoms with Gasteiger partial charge in [-0.25, -0.2) is 13.6 Å². The number of carbonyl (C=O) groups excluding carboxylic acids is 1. The number of amides is 1. The molecule has 40 heavy (non-hydrogen) atoms. The lowest BCUT2D eigenvalue weighted by atomic mass is 9.75. The Balaban J connectivity index is 1.68. The van der Waals surface area contributed by atoms with E-state index in [0.717, 1.165) is 4.73 Å². The van der Waals surface area contributed by atoms with E-state index >= 15 is 4.39 Å². The SMILES string of the molecule is CC(F)c1ccc(Cl)c(F)c1-c1ccc(C(C[C@H]2CC[C@@](C)(O)CC2)C(=O)Nc2ccc(C(=O)O)cc2)[n+](O)c1. The van der Waals surface area contributed by atoms with E-state index in [0.29, 0.717) is 37.8 Å². The maximum Gasteiger partial charge on any atom is 0.335 e. The van der Waals surface area contributed by atoms with Gasteiger partial charge in [0, 0.05) is 22.0 Å². The van der Waals surface area contributed by atoms with E-state index in [1.165, 1.54) is 61.7 Å². The Morgan fingerprint density at radius 1 is 1.12 bits per heavy atom. The lowest BCUT2D eigenvalue weighted by molar-refractivity contribution is -0.909. The van der Waals surface area contributed by atoms with Gasteiger partial charge in [0.1, 0.15) is 17.9 Å². The third-order valence-corrected chi connectivity index (χ3v) is 7.92. The van der Waals surface area contributed by atoms with E-state index in [9.17, 15) is 24.3 Å². The van der Waals surface area contributed by atoms with Crippen LogP contribution in [0.4, 0.5) is 14.5 Å². The molecular formula is C30H32ClF2N2O5+. The molecule has 0 saturated heterocycles. The predicted octanol–water partition coefficient (Wildman–Crippen LogP) is 6.45. The van der Waals surface area contributed by atoms with Gasteiger partial charge in [-0.1, -0.05) is 17.7 Å². The quantitative estimate of drug-likeness (QED) is 0.183. The van der Waals surface area contributed by atoms with Gasteiger partial charge in [0.15, 0.2) is 0 Å². The molecule has 212 valence electrons. The Hall–Kier alpha value is -3.56. The minimum absolute atomic E-state index is 0.0720. The molecule has 1 fully saturated rings. The van der Waals surface area contributed by atoms with Crippen LogP contribution < -0.4 is 10.0 Å². The predicted molar refractivity (Wildman–Crippen MR) is 146 cm³/mol. The number of aliphatic hydroxyl groups is 1. The van der Waals surface area contributed by atoms with Gasteiger partial charge in [-0.2, -0.15) is 0 Å². The fourth-order valence-electron chi connectivity index (χ4n) is 5.27. The van der Waals surface area contributed by atoms with Crippen molar-refractivity contribution in [2.24, 2.45) is 5.92 Å². The smallest absolute Gasteiger partial charge is 0.335 e. The second-order valence-electron chi connectivity index (χ2n) is 10.7. The maximum atomic E-state index is 15.0. The van der Waals surface area contributed by atoms with Crippen LogP contribution in [0.3, 0.4) is 0 Å². The highest BCUT2D eigenvalue weighted by atomic mass is 35.5. The van der Waals surface area contributed by atoms with Crippen molar-refractivity contribution < 1.29 is 38.5 Å². The molecule has 1 aliphatic rings. The van der Waals surface area contributed by atoms with Crippen LogP contribution in [0.5, 0.6) is 0 Å². The molecule has 10 heteroatoms. The van der Waals surface area contributed by atoms with E-state index in [1.807, 2.05) is 0 Å². The van der Waals surface area contributed by atoms with Gasteiger partial charge in [-0.15, -0.1) is 0 Å². The van der Waals surface area contributed by atoms with Crippen LogP contribution in [-0.4, -0.2) is 32.9 Å². The number of pyridine rings is 1. The number of rotatable bonds is 8. The number of benzene rings is 2. The first kappa shape index (κ1) is 29.4. The molecule has 2 unspecified atom stereocenters. The molecule has 1 heterocycles. The summed E-state index contributed by atoms with van der Waals surface area (Å²) in [6, 6.07) is 11.4. The number of carboxylic acid groups (broad SMARTS) is 1. The zero-order chi connectivity index (χ0) is 29.2. The molecule has 4 rings (SSSR count). The van der Waals surface area contributed by atoms with Crippen LogP contribution >= 0.6 is 11.6 Å². The average molecular weight is 574 g/mol. The van der Waals surface area contributed by atoms with Gasteiger partial charge < -0.3 is 15.5 Å². The van der Waals surface area contributed by atoms with Gasteiger partial charge in [0.05, 0.1) is 21.8 Å². The molecular weight excluding hydrogens is 542 g/mol. The van der Waals surface area contributed by atoms with Crippen LogP contribution in [0.15, 0.2) is 54.7 Å². The Morgan fingerprint density at radius 2 is 1.77 bits per heavy atom. The number of aromatic nitrogens is 1. The lowest BCUT2D eigenvalue weighted by Gasteiger charge is -2.34. The highest BCUT2D eigenvalue weighted by Gasteiger charge is 2.36. The van der Waals surface area contributed by atoms with Crippen molar-refractivity contribution in [2.75, 3.05) is 5.32 Å². The summed E-state index contributed by atoms with van der Waals surface area (Å²) < 4.78 is 30.1. The molecule has 4 N–H and O–H groups in total. The summed E-state index contributed by atoms with van der Waals surface area (Å²) in [5.74, 6) is -3.08. The fourth-order valence-corrected chi connectivity index (χ4v) is 5.43. The molecule has 0 radical (unpaired) electrons. The molecule has 1 amide bonds. The molecule has 1 aromatic heterocycles. The van der Waals surface area contributed by atoms with Crippen molar-refractivity contribution in [1.29, 1.82) is 0 Å². The van der Waals surface area contributed by atoms with E-state index < -0.39 is 35.4 Å². The van der Waals surface area contributed by atoms with Crippen molar-refractivity contribution in [1.82, 2.24) is 0 Å². The molecule has 1 aliphatic carbocycles. The summed E-state index contributed by atoms with van der Waals surface area (Å²) in [6.07, 6.45) is 2.65. The number of hydrogen-bond donors (Lipinski definition) is 4. The van der Waals surface area contributed by atoms with Crippen LogP contribution in [-0.2, 0) is 4.79 Å². The Morgan fingerprint density at radius 3 is 2.35 bits per heavy atom. The van der Waals surface area contributed by atoms with E-state index in [4.69, 9.17) is 16.7 Å². The maximum absolute atomic E-state index is 15.0. The fraction of sp³-hybridized carbons (Fsp3) is 0.367. The normalized spacial score (nSPS) is 20.5. The van der Waals surface area contributed by atoms with Crippen LogP contribution in [0.2, 0.25) is 5.02 Å². The van der Waals surface area contributed by atoms with E-state index in [2.05, 4.69) is 5.32 Å². The number of anilines is 1. The van der Waals surface area contributed by atoms with Crippen molar-refractivity contribution in [3.63, 3.8) is 0 Å². The number of carboxylic acids is 1. The lowest BCUT2D eigenvalue weighted by Crippen LogP contribution is -2.41. The van der Waals surface area contributed by atoms with Gasteiger partial charge in [-0.3, -0.25) is 10.0 Å². The first-order valence-corrected chi connectivity index (χ1v) is 13.5. The summed E-state index contributed by atoms with van der Waals surface area (Å²) in [7, 11) is 0. The first-order valence-electron chi connectivity index (χ1n) is 13.1. The van der Waals surface area contributed by atoms with Crippen molar-refractivity contribution in [3.8, 4) is 11.1 Å². The Kier molecular flexibility index (Phi) is 8.75. The highest BCUT2D eigenvalue weighted by Crippen LogP contribution is 2.39. The topological polar surface area (TPSA) is 111 Å². The number of alkyl halides is 1. The van der Waals surface area contributed by atoms with E-state index in [1.54, 1.807) is 6.92 Å². The number of carbonyl (C=O) groups is 2. The number of hydrogen-bond acceptors (Lipinski definition) is 4. The summed E-state index contributed by atoms with van der Waals surface area (Å²) in [6.45, 7) is 3.06. The Bertz CT molecular complexity index is 1400. The molecule has 0 bridgehead atoms. The zero-order valence-electron chi connectivity index (χ0n) is 22.2. The first-order chi connectivity index (χ1) is 18.9. The number of halogens is 3. The molecule has 1 saturated carbocycles. The van der Waals surface area contributed by atoms with Gasteiger partial charge in [0.2, 0.25) is 17.8 Å². The minimum atomic E-state index is -1.50. The monoisotopic (exact) mass is 573 g/mol. The van der Waals surface area contributed by atoms with Crippen LogP contribution in [0, 0.1) is 11.7 Å².